The average molecular weight is 246 g/mol. The maximum Gasteiger partial charge on any atom is 0.254 e. The molecule has 0 heterocycles. The lowest BCUT2D eigenvalue weighted by molar-refractivity contribution is 0.0752. The Kier molecular flexibility index (Phi) is 4.73. The summed E-state index contributed by atoms with van der Waals surface area (Å²) >= 11 is 0. The molecule has 1 amide bonds. The van der Waals surface area contributed by atoms with Gasteiger partial charge in [0.1, 0.15) is 5.75 Å². The van der Waals surface area contributed by atoms with Crippen molar-refractivity contribution in [3.05, 3.63) is 29.3 Å². The van der Waals surface area contributed by atoms with Gasteiger partial charge < -0.3 is 10.0 Å². The monoisotopic (exact) mass is 246 g/mol. The molecule has 4 heteroatoms. The van der Waals surface area contributed by atoms with Crippen molar-refractivity contribution in [2.24, 2.45) is 5.92 Å². The highest BCUT2D eigenvalue weighted by molar-refractivity contribution is 5.95. The molecule has 1 aromatic rings. The Morgan fingerprint density at radius 3 is 2.72 bits per heavy atom. The number of nitrogens with zero attached hydrogens (tertiary/aromatic N) is 2. The van der Waals surface area contributed by atoms with E-state index in [9.17, 15) is 9.90 Å². The average Bonchev–Trinajstić information content (AvgIpc) is 2.34. The number of hydrogen-bond donors (Lipinski definition) is 1. The summed E-state index contributed by atoms with van der Waals surface area (Å²) in [6.45, 7) is 6.45. The molecule has 1 unspecified atom stereocenters. The third-order valence-corrected chi connectivity index (χ3v) is 2.82. The summed E-state index contributed by atoms with van der Waals surface area (Å²) in [6, 6.07) is 6.81. The second-order valence-electron chi connectivity index (χ2n) is 4.37. The van der Waals surface area contributed by atoms with Gasteiger partial charge in [-0.15, -0.1) is 0 Å². The number of rotatable bonds is 4. The van der Waals surface area contributed by atoms with Gasteiger partial charge in [-0.2, -0.15) is 5.26 Å². The third kappa shape index (κ3) is 3.24. The Labute approximate surface area is 107 Å². The number of aromatic hydroxyl groups is 1. The van der Waals surface area contributed by atoms with Crippen molar-refractivity contribution in [2.45, 2.75) is 20.8 Å². The summed E-state index contributed by atoms with van der Waals surface area (Å²) < 4.78 is 0. The first kappa shape index (κ1) is 14.0. The lowest BCUT2D eigenvalue weighted by atomic mass is 10.1. The molecule has 0 bridgehead atoms. The predicted octanol–water partition coefficient (Wildman–Crippen LogP) is 2.32. The van der Waals surface area contributed by atoms with Gasteiger partial charge >= 0.3 is 0 Å². The van der Waals surface area contributed by atoms with Crippen LogP contribution >= 0.6 is 0 Å². The van der Waals surface area contributed by atoms with Crippen LogP contribution in [-0.4, -0.2) is 29.0 Å². The van der Waals surface area contributed by atoms with Crippen molar-refractivity contribution in [3.8, 4) is 11.8 Å². The second-order valence-corrected chi connectivity index (χ2v) is 4.37. The number of phenolic OH excluding ortho intramolecular Hbond substituents is 1. The van der Waals surface area contributed by atoms with E-state index in [1.54, 1.807) is 30.9 Å². The van der Waals surface area contributed by atoms with Crippen LogP contribution in [0.3, 0.4) is 0 Å². The van der Waals surface area contributed by atoms with Crippen LogP contribution in [0.5, 0.6) is 5.75 Å². The van der Waals surface area contributed by atoms with E-state index in [1.807, 2.05) is 6.92 Å². The number of nitriles is 1. The molecular formula is C14H18N2O2. The highest BCUT2D eigenvalue weighted by atomic mass is 16.3. The van der Waals surface area contributed by atoms with Crippen molar-refractivity contribution >= 4 is 5.91 Å². The van der Waals surface area contributed by atoms with E-state index >= 15 is 0 Å². The zero-order chi connectivity index (χ0) is 13.7. The number of aryl methyl sites for hydroxylation is 1. The van der Waals surface area contributed by atoms with E-state index in [0.717, 1.165) is 5.56 Å². The SMILES string of the molecule is CCN(CC(C)C#N)C(=O)c1ccc(O)cc1C. The summed E-state index contributed by atoms with van der Waals surface area (Å²) in [5.74, 6) is -0.138. The number of carbonyl (C=O) groups is 1. The molecule has 96 valence electrons. The highest BCUT2D eigenvalue weighted by Gasteiger charge is 2.18. The summed E-state index contributed by atoms with van der Waals surface area (Å²) in [4.78, 5) is 13.9. The van der Waals surface area contributed by atoms with Crippen LogP contribution in [0.1, 0.15) is 29.8 Å². The molecule has 0 saturated heterocycles. The minimum atomic E-state index is -0.189. The first-order chi connectivity index (χ1) is 8.49. The van der Waals surface area contributed by atoms with Crippen LogP contribution in [0.25, 0.3) is 0 Å². The van der Waals surface area contributed by atoms with Crippen molar-refractivity contribution in [1.82, 2.24) is 4.90 Å². The van der Waals surface area contributed by atoms with Gasteiger partial charge in [0.05, 0.1) is 12.0 Å². The normalized spacial score (nSPS) is 11.7. The molecule has 4 nitrogen and oxygen atoms in total. The largest absolute Gasteiger partial charge is 0.508 e. The maximum atomic E-state index is 12.3. The molecule has 1 rings (SSSR count). The predicted molar refractivity (Wildman–Crippen MR) is 69.2 cm³/mol. The Morgan fingerprint density at radius 2 is 2.22 bits per heavy atom. The van der Waals surface area contributed by atoms with Gasteiger partial charge in [0.2, 0.25) is 0 Å². The van der Waals surface area contributed by atoms with Crippen LogP contribution in [-0.2, 0) is 0 Å². The Bertz CT molecular complexity index is 477. The zero-order valence-corrected chi connectivity index (χ0v) is 11.0. The molecule has 0 spiro atoms. The zero-order valence-electron chi connectivity index (χ0n) is 11.0. The van der Waals surface area contributed by atoms with E-state index in [1.165, 1.54) is 6.07 Å². The van der Waals surface area contributed by atoms with Gasteiger partial charge in [-0.25, -0.2) is 0 Å². The van der Waals surface area contributed by atoms with Crippen LogP contribution in [0.2, 0.25) is 0 Å². The topological polar surface area (TPSA) is 64.3 Å². The van der Waals surface area contributed by atoms with Crippen LogP contribution in [0, 0.1) is 24.2 Å². The molecule has 0 radical (unpaired) electrons. The van der Waals surface area contributed by atoms with Crippen molar-refractivity contribution in [2.75, 3.05) is 13.1 Å². The van der Waals surface area contributed by atoms with Gasteiger partial charge in [0.15, 0.2) is 0 Å². The van der Waals surface area contributed by atoms with Gasteiger partial charge in [-0.3, -0.25) is 4.79 Å². The number of benzene rings is 1. The van der Waals surface area contributed by atoms with E-state index < -0.39 is 0 Å². The van der Waals surface area contributed by atoms with E-state index in [2.05, 4.69) is 6.07 Å². The summed E-state index contributed by atoms with van der Waals surface area (Å²) in [7, 11) is 0. The quantitative estimate of drug-likeness (QED) is 0.886. The standard InChI is InChI=1S/C14H18N2O2/c1-4-16(9-10(2)8-15)14(18)13-6-5-12(17)7-11(13)3/h5-7,10,17H,4,9H2,1-3H3. The molecule has 0 saturated carbocycles. The van der Waals surface area contributed by atoms with Gasteiger partial charge in [-0.1, -0.05) is 0 Å². The van der Waals surface area contributed by atoms with Gasteiger partial charge in [0.25, 0.3) is 5.91 Å². The fourth-order valence-electron chi connectivity index (χ4n) is 1.79. The summed E-state index contributed by atoms with van der Waals surface area (Å²) in [5, 5.41) is 18.1. The molecule has 0 aliphatic rings. The first-order valence-electron chi connectivity index (χ1n) is 5.98. The highest BCUT2D eigenvalue weighted by Crippen LogP contribution is 2.17. The molecule has 0 aromatic heterocycles. The lowest BCUT2D eigenvalue weighted by Gasteiger charge is -2.22. The molecule has 1 aromatic carbocycles. The van der Waals surface area contributed by atoms with Crippen molar-refractivity contribution in [3.63, 3.8) is 0 Å². The second kappa shape index (κ2) is 6.06. The Morgan fingerprint density at radius 1 is 1.56 bits per heavy atom. The molecule has 1 N–H and O–H groups in total. The van der Waals surface area contributed by atoms with Crippen molar-refractivity contribution < 1.29 is 9.90 Å². The summed E-state index contributed by atoms with van der Waals surface area (Å²) in [5.41, 5.74) is 1.31. The molecular weight excluding hydrogens is 228 g/mol. The minimum Gasteiger partial charge on any atom is -0.508 e. The van der Waals surface area contributed by atoms with E-state index in [4.69, 9.17) is 5.26 Å². The molecule has 0 aliphatic carbocycles. The molecule has 0 fully saturated rings. The Balaban J connectivity index is 2.94. The molecule has 0 aliphatic heterocycles. The smallest absolute Gasteiger partial charge is 0.254 e. The van der Waals surface area contributed by atoms with Crippen LogP contribution in [0.4, 0.5) is 0 Å². The summed E-state index contributed by atoms with van der Waals surface area (Å²) in [6.07, 6.45) is 0. The fourth-order valence-corrected chi connectivity index (χ4v) is 1.79. The minimum absolute atomic E-state index is 0.0999. The first-order valence-corrected chi connectivity index (χ1v) is 5.98. The van der Waals surface area contributed by atoms with Crippen LogP contribution in [0.15, 0.2) is 18.2 Å². The van der Waals surface area contributed by atoms with E-state index in [-0.39, 0.29) is 17.6 Å². The number of phenols is 1. The maximum absolute atomic E-state index is 12.3. The third-order valence-electron chi connectivity index (χ3n) is 2.82. The van der Waals surface area contributed by atoms with Crippen molar-refractivity contribution in [1.29, 1.82) is 5.26 Å². The fraction of sp³-hybridized carbons (Fsp3) is 0.429. The van der Waals surface area contributed by atoms with Gasteiger partial charge in [0, 0.05) is 18.7 Å². The molecule has 1 atom stereocenters. The number of amides is 1. The van der Waals surface area contributed by atoms with Gasteiger partial charge in [-0.05, 0) is 44.5 Å². The van der Waals surface area contributed by atoms with Crippen LogP contribution < -0.4 is 0 Å². The Hall–Kier alpha value is -2.02. The van der Waals surface area contributed by atoms with E-state index in [0.29, 0.717) is 18.7 Å². The molecule has 18 heavy (non-hydrogen) atoms. The lowest BCUT2D eigenvalue weighted by Crippen LogP contribution is -2.34. The number of carbonyl (C=O) groups excluding carboxylic acids is 1. The number of hydrogen-bond acceptors (Lipinski definition) is 3.